The van der Waals surface area contributed by atoms with Crippen LogP contribution >= 0.6 is 0 Å². The molecule has 0 aliphatic carbocycles. The lowest BCUT2D eigenvalue weighted by Gasteiger charge is -2.50. The van der Waals surface area contributed by atoms with Crippen LogP contribution in [0.25, 0.3) is 0 Å². The molecule has 160 valence electrons. The van der Waals surface area contributed by atoms with Crippen LogP contribution in [0.1, 0.15) is 45.4 Å². The minimum atomic E-state index is 0.112. The number of carbonyl (C=O) groups is 1. The summed E-state index contributed by atoms with van der Waals surface area (Å²) in [5, 5.41) is 6.75. The van der Waals surface area contributed by atoms with E-state index in [0.29, 0.717) is 5.92 Å². The van der Waals surface area contributed by atoms with E-state index in [1.807, 2.05) is 4.90 Å². The molecule has 0 bridgehead atoms. The third-order valence-corrected chi connectivity index (χ3v) is 7.61. The summed E-state index contributed by atoms with van der Waals surface area (Å²) in [6, 6.07) is 0.286. The molecule has 7 nitrogen and oxygen atoms in total. The Bertz CT molecular complexity index is 512. The summed E-state index contributed by atoms with van der Waals surface area (Å²) >= 11 is 0. The van der Waals surface area contributed by atoms with Crippen LogP contribution in [0.3, 0.4) is 0 Å². The predicted molar refractivity (Wildman–Crippen MR) is 108 cm³/mol. The van der Waals surface area contributed by atoms with Crippen LogP contribution in [0.2, 0.25) is 0 Å². The Hall–Kier alpha value is -0.890. The third-order valence-electron chi connectivity index (χ3n) is 7.61. The van der Waals surface area contributed by atoms with Gasteiger partial charge in [-0.25, -0.2) is 4.79 Å². The number of nitrogens with zero attached hydrogens (tertiary/aromatic N) is 2. The van der Waals surface area contributed by atoms with Crippen molar-refractivity contribution < 1.29 is 14.3 Å². The van der Waals surface area contributed by atoms with Gasteiger partial charge in [-0.15, -0.1) is 0 Å². The molecule has 4 saturated heterocycles. The number of amides is 2. The van der Waals surface area contributed by atoms with Crippen LogP contribution in [-0.4, -0.2) is 92.6 Å². The number of likely N-dealkylation sites (tertiary alicyclic amines) is 1. The number of hydrogen-bond donors (Lipinski definition) is 2. The van der Waals surface area contributed by atoms with Gasteiger partial charge in [0.25, 0.3) is 0 Å². The van der Waals surface area contributed by atoms with Gasteiger partial charge < -0.3 is 25.0 Å². The molecule has 4 fully saturated rings. The fourth-order valence-electron chi connectivity index (χ4n) is 5.71. The average Bonchev–Trinajstić information content (AvgIpc) is 3.23. The van der Waals surface area contributed by atoms with E-state index in [0.717, 1.165) is 97.6 Å². The lowest BCUT2D eigenvalue weighted by Crippen LogP contribution is -2.60. The molecule has 2 atom stereocenters. The number of rotatable bonds is 4. The molecule has 0 aromatic rings. The predicted octanol–water partition coefficient (Wildman–Crippen LogP) is 1.43. The molecule has 28 heavy (non-hydrogen) atoms. The van der Waals surface area contributed by atoms with Crippen LogP contribution in [0, 0.1) is 5.92 Å². The quantitative estimate of drug-likeness (QED) is 0.755. The van der Waals surface area contributed by atoms with Gasteiger partial charge >= 0.3 is 6.03 Å². The molecular weight excluding hydrogens is 356 g/mol. The van der Waals surface area contributed by atoms with Crippen molar-refractivity contribution in [3.63, 3.8) is 0 Å². The summed E-state index contributed by atoms with van der Waals surface area (Å²) in [4.78, 5) is 17.6. The summed E-state index contributed by atoms with van der Waals surface area (Å²) in [6.45, 7) is 10.6. The summed E-state index contributed by atoms with van der Waals surface area (Å²) in [6.07, 6.45) is 6.72. The average molecular weight is 395 g/mol. The second kappa shape index (κ2) is 9.28. The molecule has 0 radical (unpaired) electrons. The molecule has 2 N–H and O–H groups in total. The van der Waals surface area contributed by atoms with Gasteiger partial charge in [0, 0.05) is 38.3 Å². The van der Waals surface area contributed by atoms with Gasteiger partial charge in [-0.2, -0.15) is 0 Å². The van der Waals surface area contributed by atoms with Crippen LogP contribution in [0.5, 0.6) is 0 Å². The minimum absolute atomic E-state index is 0.112. The zero-order valence-electron chi connectivity index (χ0n) is 17.5. The van der Waals surface area contributed by atoms with E-state index < -0.39 is 0 Å². The van der Waals surface area contributed by atoms with Gasteiger partial charge in [-0.05, 0) is 57.5 Å². The first kappa shape index (κ1) is 20.4. The highest BCUT2D eigenvalue weighted by atomic mass is 16.5. The second-order valence-corrected chi connectivity index (χ2v) is 8.93. The monoisotopic (exact) mass is 394 g/mol. The Kier molecular flexibility index (Phi) is 6.76. The largest absolute Gasteiger partial charge is 0.379 e. The first-order valence-corrected chi connectivity index (χ1v) is 11.4. The van der Waals surface area contributed by atoms with Crippen LogP contribution in [0.15, 0.2) is 0 Å². The molecule has 0 aromatic carbocycles. The Labute approximate surface area is 169 Å². The van der Waals surface area contributed by atoms with Crippen LogP contribution < -0.4 is 10.6 Å². The van der Waals surface area contributed by atoms with Gasteiger partial charge in [0.1, 0.15) is 0 Å². The van der Waals surface area contributed by atoms with Crippen molar-refractivity contribution in [3.8, 4) is 0 Å². The SMILES string of the molecule is CCC1(N2CCOCC2)CCN(C(=O)N[C@@H]2CCO[C@H]2C2CCNCC2)CC1. The Balaban J connectivity index is 1.29. The number of hydrogen-bond acceptors (Lipinski definition) is 5. The van der Waals surface area contributed by atoms with E-state index >= 15 is 0 Å². The fraction of sp³-hybridized carbons (Fsp3) is 0.952. The van der Waals surface area contributed by atoms with Crippen molar-refractivity contribution in [2.75, 3.05) is 59.1 Å². The standard InChI is InChI=1S/C21H38N4O3/c1-2-21(25-12-15-27-16-13-25)6-10-24(11-7-21)20(26)23-18-5-14-28-19(18)17-3-8-22-9-4-17/h17-19,22H,2-16H2,1H3,(H,23,26)/t18-,19+/m1/s1. The van der Waals surface area contributed by atoms with Gasteiger partial charge in [0.2, 0.25) is 0 Å². The maximum atomic E-state index is 13.0. The maximum Gasteiger partial charge on any atom is 0.317 e. The van der Waals surface area contributed by atoms with E-state index in [1.54, 1.807) is 0 Å². The molecule has 4 heterocycles. The molecule has 0 unspecified atom stereocenters. The van der Waals surface area contributed by atoms with Crippen molar-refractivity contribution >= 4 is 6.03 Å². The minimum Gasteiger partial charge on any atom is -0.379 e. The molecule has 4 aliphatic heterocycles. The second-order valence-electron chi connectivity index (χ2n) is 8.93. The fourth-order valence-corrected chi connectivity index (χ4v) is 5.71. The van der Waals surface area contributed by atoms with Crippen LogP contribution in [-0.2, 0) is 9.47 Å². The molecule has 4 rings (SSSR count). The van der Waals surface area contributed by atoms with Crippen molar-refractivity contribution in [1.29, 1.82) is 0 Å². The third kappa shape index (κ3) is 4.32. The van der Waals surface area contributed by atoms with Crippen molar-refractivity contribution in [2.24, 2.45) is 5.92 Å². The highest BCUT2D eigenvalue weighted by Crippen LogP contribution is 2.33. The molecule has 0 aromatic heterocycles. The Morgan fingerprint density at radius 1 is 1.07 bits per heavy atom. The Morgan fingerprint density at radius 2 is 1.79 bits per heavy atom. The zero-order chi connectivity index (χ0) is 19.4. The van der Waals surface area contributed by atoms with Gasteiger partial charge in [0.15, 0.2) is 0 Å². The van der Waals surface area contributed by atoms with Gasteiger partial charge in [0.05, 0.1) is 25.4 Å². The number of urea groups is 1. The first-order valence-electron chi connectivity index (χ1n) is 11.4. The van der Waals surface area contributed by atoms with Gasteiger partial charge in [-0.3, -0.25) is 4.90 Å². The van der Waals surface area contributed by atoms with E-state index in [9.17, 15) is 4.79 Å². The van der Waals surface area contributed by atoms with Crippen molar-refractivity contribution in [3.05, 3.63) is 0 Å². The highest BCUT2D eigenvalue weighted by Gasteiger charge is 2.41. The number of carbonyl (C=O) groups excluding carboxylic acids is 1. The Morgan fingerprint density at radius 3 is 2.46 bits per heavy atom. The van der Waals surface area contributed by atoms with Gasteiger partial charge in [-0.1, -0.05) is 6.92 Å². The first-order chi connectivity index (χ1) is 13.7. The van der Waals surface area contributed by atoms with E-state index in [4.69, 9.17) is 9.47 Å². The summed E-state index contributed by atoms with van der Waals surface area (Å²) in [7, 11) is 0. The van der Waals surface area contributed by atoms with E-state index in [1.165, 1.54) is 0 Å². The summed E-state index contributed by atoms with van der Waals surface area (Å²) in [5.41, 5.74) is 0.245. The van der Waals surface area contributed by atoms with E-state index in [2.05, 4.69) is 22.5 Å². The molecule has 7 heteroatoms. The molecular formula is C21H38N4O3. The lowest BCUT2D eigenvalue weighted by molar-refractivity contribution is -0.0455. The molecule has 0 spiro atoms. The van der Waals surface area contributed by atoms with Crippen LogP contribution in [0.4, 0.5) is 4.79 Å². The van der Waals surface area contributed by atoms with Crippen molar-refractivity contribution in [1.82, 2.24) is 20.4 Å². The summed E-state index contributed by atoms with van der Waals surface area (Å²) in [5.74, 6) is 0.574. The normalized spacial score (nSPS) is 32.4. The molecule has 4 aliphatic rings. The maximum absolute atomic E-state index is 13.0. The van der Waals surface area contributed by atoms with Crippen molar-refractivity contribution in [2.45, 2.75) is 63.1 Å². The van der Waals surface area contributed by atoms with E-state index in [-0.39, 0.29) is 23.7 Å². The number of morpholine rings is 1. The topological polar surface area (TPSA) is 66.1 Å². The smallest absolute Gasteiger partial charge is 0.317 e. The number of piperidine rings is 2. The lowest BCUT2D eigenvalue weighted by atomic mass is 9.83. The number of nitrogens with one attached hydrogen (secondary N) is 2. The molecule has 2 amide bonds. The highest BCUT2D eigenvalue weighted by molar-refractivity contribution is 5.74. The molecule has 0 saturated carbocycles. The zero-order valence-corrected chi connectivity index (χ0v) is 17.5. The number of ether oxygens (including phenoxy) is 2. The summed E-state index contributed by atoms with van der Waals surface area (Å²) < 4.78 is 11.6.